The molecule has 0 unspecified atom stereocenters. The molecule has 2 fully saturated rings. The number of alkyl halides is 2. The van der Waals surface area contributed by atoms with Crippen LogP contribution in [0.5, 0.6) is 0 Å². The zero-order valence-electron chi connectivity index (χ0n) is 18.0. The fraction of sp³-hybridized carbons (Fsp3) is 0.565. The summed E-state index contributed by atoms with van der Waals surface area (Å²) >= 11 is 0. The maximum atomic E-state index is 14.9. The molecule has 162 valence electrons. The van der Waals surface area contributed by atoms with Gasteiger partial charge in [0.25, 0.3) is 5.92 Å². The summed E-state index contributed by atoms with van der Waals surface area (Å²) in [5, 5.41) is 4.35. The molecule has 0 saturated carbocycles. The van der Waals surface area contributed by atoms with Crippen LogP contribution in [0.15, 0.2) is 30.3 Å². The molecular formula is C23H30F2N4O. The van der Waals surface area contributed by atoms with Crippen molar-refractivity contribution in [2.45, 2.75) is 52.1 Å². The summed E-state index contributed by atoms with van der Waals surface area (Å²) in [5.41, 5.74) is 2.92. The number of likely N-dealkylation sites (tertiary alicyclic amines) is 2. The molecule has 3 heterocycles. The number of rotatable bonds is 4. The van der Waals surface area contributed by atoms with Gasteiger partial charge in [-0.3, -0.25) is 14.4 Å². The second-order valence-corrected chi connectivity index (χ2v) is 9.12. The molecule has 1 atom stereocenters. The zero-order valence-corrected chi connectivity index (χ0v) is 18.0. The molecule has 1 amide bonds. The van der Waals surface area contributed by atoms with Gasteiger partial charge < -0.3 is 4.90 Å². The standard InChI is InChI=1S/C23H30F2N4O/c1-17-7-4-5-8-19(17)12-28-15-22(14-23(24,25)16-28)9-6-10-29(21(22)30)13-20-11-18(2)26-27(20)3/h4-5,7-8,11H,6,9-10,12-16H2,1-3H3/t22-/m1/s1. The van der Waals surface area contributed by atoms with E-state index in [9.17, 15) is 13.6 Å². The molecule has 5 nitrogen and oxygen atoms in total. The third-order valence-electron chi connectivity index (χ3n) is 6.51. The summed E-state index contributed by atoms with van der Waals surface area (Å²) in [6, 6.07) is 9.82. The van der Waals surface area contributed by atoms with Crippen molar-refractivity contribution < 1.29 is 13.6 Å². The highest BCUT2D eigenvalue weighted by atomic mass is 19.3. The summed E-state index contributed by atoms with van der Waals surface area (Å²) in [6.45, 7) is 5.46. The van der Waals surface area contributed by atoms with E-state index in [1.54, 1.807) is 14.5 Å². The van der Waals surface area contributed by atoms with Gasteiger partial charge in [-0.05, 0) is 43.9 Å². The lowest BCUT2D eigenvalue weighted by Gasteiger charge is -2.49. The van der Waals surface area contributed by atoms with Gasteiger partial charge in [-0.15, -0.1) is 0 Å². The summed E-state index contributed by atoms with van der Waals surface area (Å²) in [6.07, 6.45) is 0.910. The van der Waals surface area contributed by atoms with E-state index < -0.39 is 11.3 Å². The third kappa shape index (κ3) is 4.13. The Balaban J connectivity index is 1.56. The average molecular weight is 417 g/mol. The van der Waals surface area contributed by atoms with Crippen molar-refractivity contribution in [1.29, 1.82) is 0 Å². The summed E-state index contributed by atoms with van der Waals surface area (Å²) in [5.74, 6) is -3.01. The van der Waals surface area contributed by atoms with Crippen molar-refractivity contribution >= 4 is 5.91 Å². The van der Waals surface area contributed by atoms with Gasteiger partial charge >= 0.3 is 0 Å². The van der Waals surface area contributed by atoms with Crippen LogP contribution in [-0.4, -0.2) is 51.0 Å². The highest BCUT2D eigenvalue weighted by Crippen LogP contribution is 2.45. The maximum Gasteiger partial charge on any atom is 0.261 e. The van der Waals surface area contributed by atoms with Gasteiger partial charge in [-0.25, -0.2) is 8.78 Å². The fourth-order valence-electron chi connectivity index (χ4n) is 5.18. The van der Waals surface area contributed by atoms with Gasteiger partial charge in [-0.2, -0.15) is 5.10 Å². The van der Waals surface area contributed by atoms with Gasteiger partial charge in [0.1, 0.15) is 0 Å². The average Bonchev–Trinajstić information content (AvgIpc) is 2.97. The second kappa shape index (κ2) is 7.76. The van der Waals surface area contributed by atoms with E-state index >= 15 is 0 Å². The van der Waals surface area contributed by atoms with E-state index in [0.29, 0.717) is 32.6 Å². The number of nitrogens with zero attached hydrogens (tertiary/aromatic N) is 4. The van der Waals surface area contributed by atoms with Crippen LogP contribution in [0, 0.1) is 19.3 Å². The van der Waals surface area contributed by atoms with E-state index in [1.807, 2.05) is 51.2 Å². The number of carbonyl (C=O) groups is 1. The van der Waals surface area contributed by atoms with Crippen LogP contribution < -0.4 is 0 Å². The number of piperidine rings is 2. The Bertz CT molecular complexity index is 941. The minimum Gasteiger partial charge on any atom is -0.336 e. The van der Waals surface area contributed by atoms with Crippen LogP contribution in [-0.2, 0) is 24.9 Å². The molecule has 0 radical (unpaired) electrons. The summed E-state index contributed by atoms with van der Waals surface area (Å²) in [7, 11) is 1.85. The lowest BCUT2D eigenvalue weighted by Crippen LogP contribution is -2.60. The molecule has 0 aliphatic carbocycles. The lowest BCUT2D eigenvalue weighted by atomic mass is 9.71. The van der Waals surface area contributed by atoms with E-state index in [4.69, 9.17) is 0 Å². The highest BCUT2D eigenvalue weighted by Gasteiger charge is 2.55. The van der Waals surface area contributed by atoms with Gasteiger partial charge in [-0.1, -0.05) is 24.3 Å². The Kier molecular flexibility index (Phi) is 5.43. The molecule has 4 rings (SSSR count). The normalized spacial score (nSPS) is 24.6. The number of amides is 1. The minimum absolute atomic E-state index is 0.137. The van der Waals surface area contributed by atoms with Crippen LogP contribution in [0.3, 0.4) is 0 Å². The second-order valence-electron chi connectivity index (χ2n) is 9.12. The molecule has 1 aromatic heterocycles. The molecule has 0 bridgehead atoms. The van der Waals surface area contributed by atoms with E-state index in [-0.39, 0.29) is 18.9 Å². The first kappa shape index (κ1) is 21.0. The van der Waals surface area contributed by atoms with Gasteiger partial charge in [0.15, 0.2) is 0 Å². The molecular weight excluding hydrogens is 386 g/mol. The van der Waals surface area contributed by atoms with Gasteiger partial charge in [0.2, 0.25) is 5.91 Å². The molecule has 1 aromatic carbocycles. The molecule has 7 heteroatoms. The Hall–Kier alpha value is -2.28. The number of hydrogen-bond acceptors (Lipinski definition) is 3. The number of aryl methyl sites for hydroxylation is 3. The van der Waals surface area contributed by atoms with Crippen LogP contribution in [0.2, 0.25) is 0 Å². The van der Waals surface area contributed by atoms with Crippen LogP contribution in [0.1, 0.15) is 41.8 Å². The molecule has 30 heavy (non-hydrogen) atoms. The number of hydrogen-bond donors (Lipinski definition) is 0. The third-order valence-corrected chi connectivity index (χ3v) is 6.51. The molecule has 2 aromatic rings. The van der Waals surface area contributed by atoms with Crippen molar-refractivity contribution in [3.8, 4) is 0 Å². The van der Waals surface area contributed by atoms with Crippen LogP contribution >= 0.6 is 0 Å². The number of aromatic nitrogens is 2. The molecule has 2 saturated heterocycles. The predicted octanol–water partition coefficient (Wildman–Crippen LogP) is 3.69. The predicted molar refractivity (Wildman–Crippen MR) is 111 cm³/mol. The largest absolute Gasteiger partial charge is 0.336 e. The fourth-order valence-corrected chi connectivity index (χ4v) is 5.18. The van der Waals surface area contributed by atoms with E-state index in [1.165, 1.54) is 0 Å². The number of benzene rings is 1. The molecule has 1 spiro atoms. The molecule has 2 aliphatic heterocycles. The Labute approximate surface area is 176 Å². The van der Waals surface area contributed by atoms with E-state index in [0.717, 1.165) is 28.9 Å². The van der Waals surface area contributed by atoms with Crippen LogP contribution in [0.4, 0.5) is 8.78 Å². The molecule has 0 N–H and O–H groups in total. The first-order valence-corrected chi connectivity index (χ1v) is 10.6. The zero-order chi connectivity index (χ0) is 21.5. The topological polar surface area (TPSA) is 41.4 Å². The SMILES string of the molecule is Cc1cc(CN2CCC[C@@]3(CN(Cc4ccccc4C)CC(F)(F)C3)C2=O)n(C)n1. The summed E-state index contributed by atoms with van der Waals surface area (Å²) < 4.78 is 31.5. The highest BCUT2D eigenvalue weighted by molar-refractivity contribution is 5.84. The lowest BCUT2D eigenvalue weighted by molar-refractivity contribution is -0.171. The van der Waals surface area contributed by atoms with Gasteiger partial charge in [0.05, 0.1) is 29.9 Å². The van der Waals surface area contributed by atoms with Gasteiger partial charge in [0, 0.05) is 33.1 Å². The number of halogens is 2. The van der Waals surface area contributed by atoms with Crippen molar-refractivity contribution in [2.75, 3.05) is 19.6 Å². The Morgan fingerprint density at radius 3 is 2.60 bits per heavy atom. The first-order valence-electron chi connectivity index (χ1n) is 10.6. The maximum absolute atomic E-state index is 14.9. The first-order chi connectivity index (χ1) is 14.2. The molecule has 2 aliphatic rings. The quantitative estimate of drug-likeness (QED) is 0.763. The van der Waals surface area contributed by atoms with E-state index in [2.05, 4.69) is 5.10 Å². The van der Waals surface area contributed by atoms with Crippen molar-refractivity contribution in [1.82, 2.24) is 19.6 Å². The van der Waals surface area contributed by atoms with Crippen molar-refractivity contribution in [3.63, 3.8) is 0 Å². The number of carbonyl (C=O) groups excluding carboxylic acids is 1. The van der Waals surface area contributed by atoms with Crippen LogP contribution in [0.25, 0.3) is 0 Å². The Morgan fingerprint density at radius 1 is 1.13 bits per heavy atom. The smallest absolute Gasteiger partial charge is 0.261 e. The summed E-state index contributed by atoms with van der Waals surface area (Å²) in [4.78, 5) is 17.1. The van der Waals surface area contributed by atoms with Crippen molar-refractivity contribution in [2.24, 2.45) is 12.5 Å². The monoisotopic (exact) mass is 416 g/mol. The Morgan fingerprint density at radius 2 is 1.90 bits per heavy atom. The minimum atomic E-state index is -2.87. The van der Waals surface area contributed by atoms with Crippen molar-refractivity contribution in [3.05, 3.63) is 52.8 Å².